The van der Waals surface area contributed by atoms with Gasteiger partial charge < -0.3 is 15.4 Å². The highest BCUT2D eigenvalue weighted by atomic mass is 32.1. The van der Waals surface area contributed by atoms with Crippen LogP contribution in [0.3, 0.4) is 0 Å². The Bertz CT molecular complexity index is 846. The number of carbonyl (C=O) groups excluding carboxylic acids is 3. The molecule has 0 aliphatic rings. The van der Waals surface area contributed by atoms with Gasteiger partial charge in [-0.2, -0.15) is 0 Å². The molecule has 0 aliphatic heterocycles. The smallest absolute Gasteiger partial charge is 0.349 e. The van der Waals surface area contributed by atoms with Gasteiger partial charge in [-0.15, -0.1) is 0 Å². The number of benzene rings is 1. The molecule has 1 aromatic carbocycles. The lowest BCUT2D eigenvalue weighted by molar-refractivity contribution is -0.380. The minimum atomic E-state index is -1.10. The van der Waals surface area contributed by atoms with Crippen molar-refractivity contribution in [3.63, 3.8) is 0 Å². The van der Waals surface area contributed by atoms with Gasteiger partial charge in [-0.25, -0.2) is 4.79 Å². The van der Waals surface area contributed by atoms with Crippen LogP contribution in [0.2, 0.25) is 0 Å². The molecule has 0 radical (unpaired) electrons. The lowest BCUT2D eigenvalue weighted by atomic mass is 10.2. The van der Waals surface area contributed by atoms with Crippen LogP contribution in [0.25, 0.3) is 0 Å². The van der Waals surface area contributed by atoms with E-state index in [4.69, 9.17) is 4.74 Å². The second-order valence-electron chi connectivity index (χ2n) is 5.19. The van der Waals surface area contributed by atoms with E-state index in [9.17, 15) is 24.5 Å². The summed E-state index contributed by atoms with van der Waals surface area (Å²) in [5.41, 5.74) is 1.04. The highest BCUT2D eigenvalue weighted by molar-refractivity contribution is 7.17. The predicted molar refractivity (Wildman–Crippen MR) is 95.2 cm³/mol. The first kappa shape index (κ1) is 19.1. The Labute approximate surface area is 152 Å². The molecule has 2 amide bonds. The average molecular weight is 377 g/mol. The van der Waals surface area contributed by atoms with E-state index < -0.39 is 22.9 Å². The Morgan fingerprint density at radius 3 is 2.15 bits per heavy atom. The Kier molecular flexibility index (Phi) is 6.02. The van der Waals surface area contributed by atoms with Crippen LogP contribution in [0, 0.1) is 10.1 Å². The van der Waals surface area contributed by atoms with Crippen molar-refractivity contribution in [2.24, 2.45) is 0 Å². The number of hydrogen-bond donors (Lipinski definition) is 2. The molecule has 0 saturated heterocycles. The molecule has 136 valence electrons. The molecule has 2 aromatic rings. The van der Waals surface area contributed by atoms with Gasteiger partial charge in [0.15, 0.2) is 6.10 Å². The molecule has 1 aromatic heterocycles. The van der Waals surface area contributed by atoms with Crippen LogP contribution in [-0.4, -0.2) is 28.8 Å². The average Bonchev–Trinajstić information content (AvgIpc) is 3.06. The summed E-state index contributed by atoms with van der Waals surface area (Å²) in [5.74, 6) is -1.58. The molecular formula is C16H15N3O6S. The third-order valence-electron chi connectivity index (χ3n) is 3.10. The van der Waals surface area contributed by atoms with E-state index in [2.05, 4.69) is 10.6 Å². The van der Waals surface area contributed by atoms with Gasteiger partial charge in [-0.05, 0) is 37.3 Å². The van der Waals surface area contributed by atoms with Gasteiger partial charge in [0.1, 0.15) is 4.88 Å². The highest BCUT2D eigenvalue weighted by Gasteiger charge is 2.22. The molecular weight excluding hydrogens is 362 g/mol. The SMILES string of the molecule is CC(=O)Nc1ccc(NC(=O)[C@@H](C)OC(=O)c2ccc([N+](=O)[O-])s2)cc1. The van der Waals surface area contributed by atoms with Crippen LogP contribution < -0.4 is 10.6 Å². The maximum Gasteiger partial charge on any atom is 0.349 e. The van der Waals surface area contributed by atoms with Crippen LogP contribution in [0.4, 0.5) is 16.4 Å². The molecule has 9 nitrogen and oxygen atoms in total. The van der Waals surface area contributed by atoms with Crippen LogP contribution in [0.5, 0.6) is 0 Å². The zero-order valence-electron chi connectivity index (χ0n) is 13.8. The Morgan fingerprint density at radius 1 is 1.08 bits per heavy atom. The summed E-state index contributed by atoms with van der Waals surface area (Å²) in [6.45, 7) is 2.77. The minimum absolute atomic E-state index is 0.0380. The van der Waals surface area contributed by atoms with Crippen LogP contribution in [-0.2, 0) is 14.3 Å². The third kappa shape index (κ3) is 5.11. The first-order valence-corrected chi connectivity index (χ1v) is 8.21. The molecule has 0 unspecified atom stereocenters. The summed E-state index contributed by atoms with van der Waals surface area (Å²) >= 11 is 0.673. The fraction of sp³-hybridized carbons (Fsp3) is 0.188. The number of amides is 2. The van der Waals surface area contributed by atoms with Crippen molar-refractivity contribution < 1.29 is 24.0 Å². The Balaban J connectivity index is 1.93. The number of nitrogens with zero attached hydrogens (tertiary/aromatic N) is 1. The summed E-state index contributed by atoms with van der Waals surface area (Å²) in [7, 11) is 0. The number of anilines is 2. The van der Waals surface area contributed by atoms with Gasteiger partial charge in [0.2, 0.25) is 5.91 Å². The first-order chi connectivity index (χ1) is 12.3. The predicted octanol–water partition coefficient (Wildman–Crippen LogP) is 2.80. The van der Waals surface area contributed by atoms with Gasteiger partial charge in [0.05, 0.1) is 4.92 Å². The molecule has 0 aliphatic carbocycles. The summed E-state index contributed by atoms with van der Waals surface area (Å²) in [4.78, 5) is 45.1. The van der Waals surface area contributed by atoms with E-state index in [0.717, 1.165) is 0 Å². The van der Waals surface area contributed by atoms with Gasteiger partial charge in [0.25, 0.3) is 5.91 Å². The maximum absolute atomic E-state index is 12.1. The van der Waals surface area contributed by atoms with Crippen molar-refractivity contribution >= 4 is 45.5 Å². The molecule has 0 spiro atoms. The van der Waals surface area contributed by atoms with Gasteiger partial charge >= 0.3 is 11.0 Å². The number of hydrogen-bond acceptors (Lipinski definition) is 7. The molecule has 26 heavy (non-hydrogen) atoms. The molecule has 1 heterocycles. The van der Waals surface area contributed by atoms with Crippen molar-refractivity contribution in [2.45, 2.75) is 20.0 Å². The van der Waals surface area contributed by atoms with E-state index in [-0.39, 0.29) is 15.8 Å². The van der Waals surface area contributed by atoms with Crippen molar-refractivity contribution in [3.8, 4) is 0 Å². The van der Waals surface area contributed by atoms with E-state index >= 15 is 0 Å². The fourth-order valence-electron chi connectivity index (χ4n) is 1.89. The molecule has 2 rings (SSSR count). The van der Waals surface area contributed by atoms with Crippen LogP contribution in [0.1, 0.15) is 23.5 Å². The Hall–Kier alpha value is -3.27. The topological polar surface area (TPSA) is 128 Å². The van der Waals surface area contributed by atoms with Crippen molar-refractivity contribution in [1.29, 1.82) is 0 Å². The molecule has 2 N–H and O–H groups in total. The molecule has 1 atom stereocenters. The molecule has 0 saturated carbocycles. The number of ether oxygens (including phenoxy) is 1. The lowest BCUT2D eigenvalue weighted by Gasteiger charge is -2.13. The number of nitrogens with one attached hydrogen (secondary N) is 2. The third-order valence-corrected chi connectivity index (χ3v) is 4.12. The normalized spacial score (nSPS) is 11.3. The summed E-state index contributed by atoms with van der Waals surface area (Å²) in [6, 6.07) is 8.86. The number of carbonyl (C=O) groups is 3. The lowest BCUT2D eigenvalue weighted by Crippen LogP contribution is -2.29. The van der Waals surface area contributed by atoms with Crippen LogP contribution in [0.15, 0.2) is 36.4 Å². The number of thiophene rings is 1. The standard InChI is InChI=1S/C16H15N3O6S/c1-9(25-16(22)13-7-8-14(26-13)19(23)24)15(21)18-12-5-3-11(4-6-12)17-10(2)20/h3-9H,1-2H3,(H,17,20)(H,18,21)/t9-/m1/s1. The zero-order valence-corrected chi connectivity index (χ0v) is 14.7. The Morgan fingerprint density at radius 2 is 1.65 bits per heavy atom. The second-order valence-corrected chi connectivity index (χ2v) is 6.25. The summed E-state index contributed by atoms with van der Waals surface area (Å²) < 4.78 is 5.02. The minimum Gasteiger partial charge on any atom is -0.448 e. The molecule has 0 fully saturated rings. The zero-order chi connectivity index (χ0) is 19.3. The van der Waals surface area contributed by atoms with Gasteiger partial charge in [0, 0.05) is 24.4 Å². The van der Waals surface area contributed by atoms with E-state index in [1.807, 2.05) is 0 Å². The van der Waals surface area contributed by atoms with Crippen molar-refractivity contribution in [3.05, 3.63) is 51.4 Å². The largest absolute Gasteiger partial charge is 0.448 e. The highest BCUT2D eigenvalue weighted by Crippen LogP contribution is 2.25. The number of esters is 1. The van der Waals surface area contributed by atoms with Crippen molar-refractivity contribution in [1.82, 2.24) is 0 Å². The van der Waals surface area contributed by atoms with E-state index in [1.165, 1.54) is 26.0 Å². The van der Waals surface area contributed by atoms with E-state index in [0.29, 0.717) is 22.7 Å². The maximum atomic E-state index is 12.1. The second kappa shape index (κ2) is 8.21. The number of nitro groups is 1. The molecule has 0 bridgehead atoms. The van der Waals surface area contributed by atoms with E-state index in [1.54, 1.807) is 24.3 Å². The van der Waals surface area contributed by atoms with Gasteiger partial charge in [-0.1, -0.05) is 11.3 Å². The molecule has 10 heteroatoms. The van der Waals surface area contributed by atoms with Crippen LogP contribution >= 0.6 is 11.3 Å². The van der Waals surface area contributed by atoms with Crippen molar-refractivity contribution in [2.75, 3.05) is 10.6 Å². The monoisotopic (exact) mass is 377 g/mol. The van der Waals surface area contributed by atoms with Gasteiger partial charge in [-0.3, -0.25) is 19.7 Å². The quantitative estimate of drug-likeness (QED) is 0.453. The fourth-order valence-corrected chi connectivity index (χ4v) is 2.60. The summed E-state index contributed by atoms with van der Waals surface area (Å²) in [6.07, 6.45) is -1.10. The number of rotatable bonds is 6. The first-order valence-electron chi connectivity index (χ1n) is 7.40. The summed E-state index contributed by atoms with van der Waals surface area (Å²) in [5, 5.41) is 15.6.